The number of aliphatic hydroxyl groups is 1. The monoisotopic (exact) mass is 478 g/mol. The van der Waals surface area contributed by atoms with Crippen LogP contribution in [0, 0.1) is 19.8 Å². The lowest BCUT2D eigenvalue weighted by Crippen LogP contribution is -2.49. The highest BCUT2D eigenvalue weighted by atomic mass is 16.3. The Morgan fingerprint density at radius 3 is 2.49 bits per heavy atom. The van der Waals surface area contributed by atoms with Gasteiger partial charge in [-0.3, -0.25) is 19.4 Å². The lowest BCUT2D eigenvalue weighted by molar-refractivity contribution is -0.119. The fourth-order valence-electron chi connectivity index (χ4n) is 4.92. The van der Waals surface area contributed by atoms with E-state index in [0.29, 0.717) is 11.4 Å². The van der Waals surface area contributed by atoms with Crippen molar-refractivity contribution in [1.82, 2.24) is 25.3 Å². The normalized spacial score (nSPS) is 16.0. The minimum Gasteiger partial charge on any atom is -0.394 e. The molecule has 2 aromatic heterocycles. The van der Waals surface area contributed by atoms with Gasteiger partial charge in [-0.05, 0) is 63.3 Å². The van der Waals surface area contributed by atoms with Crippen molar-refractivity contribution in [2.45, 2.75) is 65.0 Å². The summed E-state index contributed by atoms with van der Waals surface area (Å²) in [7, 11) is 0. The zero-order valence-electron chi connectivity index (χ0n) is 20.5. The molecule has 1 aliphatic rings. The lowest BCUT2D eigenvalue weighted by Gasteiger charge is -2.30. The van der Waals surface area contributed by atoms with Crippen molar-refractivity contribution >= 4 is 17.5 Å². The van der Waals surface area contributed by atoms with Gasteiger partial charge in [0.1, 0.15) is 11.7 Å². The highest BCUT2D eigenvalue weighted by Gasteiger charge is 2.32. The predicted octanol–water partition coefficient (Wildman–Crippen LogP) is 3.76. The Morgan fingerprint density at radius 1 is 1.14 bits per heavy atom. The summed E-state index contributed by atoms with van der Waals surface area (Å²) in [4.78, 5) is 26.6. The second-order valence-corrected chi connectivity index (χ2v) is 9.42. The number of benzene rings is 1. The van der Waals surface area contributed by atoms with Gasteiger partial charge in [0.15, 0.2) is 0 Å². The van der Waals surface area contributed by atoms with E-state index >= 15 is 0 Å². The molecule has 1 saturated carbocycles. The Bertz CT molecular complexity index is 1140. The lowest BCUT2D eigenvalue weighted by atomic mass is 9.83. The molecule has 9 heteroatoms. The number of carbonyl (C=O) groups excluding carboxylic acids is 2. The summed E-state index contributed by atoms with van der Waals surface area (Å²) < 4.78 is 1.49. The third kappa shape index (κ3) is 5.45. The third-order valence-corrected chi connectivity index (χ3v) is 6.84. The van der Waals surface area contributed by atoms with Crippen LogP contribution in [0.1, 0.15) is 66.9 Å². The molecule has 0 aliphatic heterocycles. The summed E-state index contributed by atoms with van der Waals surface area (Å²) in [5.74, 6) is -0.528. The number of hydrogen-bond acceptors (Lipinski definition) is 5. The molecule has 4 rings (SSSR count). The first-order chi connectivity index (χ1) is 16.9. The highest BCUT2D eigenvalue weighted by Crippen LogP contribution is 2.29. The molecule has 0 spiro atoms. The Morgan fingerprint density at radius 2 is 1.86 bits per heavy atom. The maximum atomic E-state index is 13.4. The third-order valence-electron chi connectivity index (χ3n) is 6.84. The van der Waals surface area contributed by atoms with E-state index in [0.717, 1.165) is 54.6 Å². The van der Waals surface area contributed by atoms with Crippen molar-refractivity contribution in [2.75, 3.05) is 11.9 Å². The molecular weight excluding hydrogens is 444 g/mol. The molecule has 2 heterocycles. The molecule has 0 saturated heterocycles. The van der Waals surface area contributed by atoms with Gasteiger partial charge >= 0.3 is 0 Å². The molecule has 0 radical (unpaired) electrons. The Labute approximate surface area is 205 Å². The number of aliphatic hydroxyl groups excluding tert-OH is 1. The molecule has 35 heavy (non-hydrogen) atoms. The molecule has 3 aromatic rings. The Kier molecular flexibility index (Phi) is 7.65. The maximum Gasteiger partial charge on any atom is 0.270 e. The largest absolute Gasteiger partial charge is 0.394 e. The maximum absolute atomic E-state index is 13.4. The minimum atomic E-state index is -0.659. The summed E-state index contributed by atoms with van der Waals surface area (Å²) in [6.07, 6.45) is 6.55. The predicted molar refractivity (Wildman–Crippen MR) is 134 cm³/mol. The number of H-pyrrole nitrogens is 1. The second-order valence-electron chi connectivity index (χ2n) is 9.42. The zero-order chi connectivity index (χ0) is 24.9. The smallest absolute Gasteiger partial charge is 0.270 e. The molecule has 1 fully saturated rings. The van der Waals surface area contributed by atoms with Gasteiger partial charge in [0.2, 0.25) is 5.91 Å². The van der Waals surface area contributed by atoms with E-state index in [1.54, 1.807) is 13.0 Å². The summed E-state index contributed by atoms with van der Waals surface area (Å²) in [5.41, 5.74) is 5.00. The quantitative estimate of drug-likeness (QED) is 0.392. The van der Waals surface area contributed by atoms with Crippen LogP contribution in [0.3, 0.4) is 0 Å². The van der Waals surface area contributed by atoms with Crippen LogP contribution in [0.2, 0.25) is 0 Å². The Balaban J connectivity index is 1.51. The fraction of sp³-hybridized carbons (Fsp3) is 0.462. The molecule has 2 amide bonds. The summed E-state index contributed by atoms with van der Waals surface area (Å²) in [5, 5.41) is 26.9. The summed E-state index contributed by atoms with van der Waals surface area (Å²) in [6.45, 7) is 5.59. The van der Waals surface area contributed by atoms with Gasteiger partial charge in [0.05, 0.1) is 18.3 Å². The fourth-order valence-corrected chi connectivity index (χ4v) is 4.92. The molecular formula is C26H34N6O3. The molecule has 1 aliphatic carbocycles. The van der Waals surface area contributed by atoms with Crippen LogP contribution >= 0.6 is 0 Å². The van der Waals surface area contributed by atoms with Crippen LogP contribution in [0.15, 0.2) is 36.5 Å². The van der Waals surface area contributed by atoms with Gasteiger partial charge in [0, 0.05) is 23.1 Å². The van der Waals surface area contributed by atoms with Crippen LogP contribution in [-0.2, 0) is 4.79 Å². The van der Waals surface area contributed by atoms with E-state index in [1.807, 2.05) is 38.1 Å². The SMILES string of the molecule is Cc1n[nH]c(C)c1-c1ccc(NC(=O)[C@@H](NC(=O)c2ccnn2C(C)CO)C2CCCCC2)cc1. The van der Waals surface area contributed by atoms with Crippen molar-refractivity contribution in [3.05, 3.63) is 53.6 Å². The zero-order valence-corrected chi connectivity index (χ0v) is 20.5. The standard InChI is InChI=1S/C26H34N6O3/c1-16(15-33)32-22(13-14-27-32)25(34)29-24(20-7-5-4-6-8-20)26(35)28-21-11-9-19(10-12-21)23-17(2)30-31-18(23)3/h9-14,16,20,24,33H,4-8,15H2,1-3H3,(H,28,35)(H,29,34)(H,30,31)/t16?,24-/m0/s1. The molecule has 9 nitrogen and oxygen atoms in total. The van der Waals surface area contributed by atoms with Crippen LogP contribution in [0.4, 0.5) is 5.69 Å². The highest BCUT2D eigenvalue weighted by molar-refractivity contribution is 6.00. The van der Waals surface area contributed by atoms with Crippen molar-refractivity contribution in [3.63, 3.8) is 0 Å². The van der Waals surface area contributed by atoms with Gasteiger partial charge in [-0.25, -0.2) is 0 Å². The topological polar surface area (TPSA) is 125 Å². The van der Waals surface area contributed by atoms with Crippen molar-refractivity contribution in [1.29, 1.82) is 0 Å². The molecule has 0 bridgehead atoms. The van der Waals surface area contributed by atoms with E-state index in [9.17, 15) is 14.7 Å². The van der Waals surface area contributed by atoms with Crippen LogP contribution < -0.4 is 10.6 Å². The number of aromatic amines is 1. The molecule has 4 N–H and O–H groups in total. The average molecular weight is 479 g/mol. The van der Waals surface area contributed by atoms with Gasteiger partial charge in [-0.15, -0.1) is 0 Å². The van der Waals surface area contributed by atoms with Crippen molar-refractivity contribution < 1.29 is 14.7 Å². The van der Waals surface area contributed by atoms with Gasteiger partial charge < -0.3 is 15.7 Å². The molecule has 1 aromatic carbocycles. The number of nitrogens with one attached hydrogen (secondary N) is 3. The Hall–Kier alpha value is -3.46. The number of amides is 2. The van der Waals surface area contributed by atoms with Crippen LogP contribution in [-0.4, -0.2) is 49.5 Å². The molecule has 1 unspecified atom stereocenters. The number of aryl methyl sites for hydroxylation is 2. The van der Waals surface area contributed by atoms with Gasteiger partial charge in [0.25, 0.3) is 5.91 Å². The first-order valence-corrected chi connectivity index (χ1v) is 12.3. The van der Waals surface area contributed by atoms with Crippen molar-refractivity contribution in [2.24, 2.45) is 5.92 Å². The number of nitrogens with zero attached hydrogens (tertiary/aromatic N) is 3. The van der Waals surface area contributed by atoms with Crippen LogP contribution in [0.25, 0.3) is 11.1 Å². The minimum absolute atomic E-state index is 0.0647. The number of rotatable bonds is 8. The summed E-state index contributed by atoms with van der Waals surface area (Å²) in [6, 6.07) is 8.28. The van der Waals surface area contributed by atoms with E-state index in [2.05, 4.69) is 25.9 Å². The number of anilines is 1. The number of carbonyl (C=O) groups is 2. The van der Waals surface area contributed by atoms with Gasteiger partial charge in [-0.1, -0.05) is 31.4 Å². The molecule has 2 atom stereocenters. The van der Waals surface area contributed by atoms with E-state index in [4.69, 9.17) is 0 Å². The van der Waals surface area contributed by atoms with Gasteiger partial charge in [-0.2, -0.15) is 10.2 Å². The first-order valence-electron chi connectivity index (χ1n) is 12.3. The van der Waals surface area contributed by atoms with E-state index in [1.165, 1.54) is 10.9 Å². The van der Waals surface area contributed by atoms with Crippen molar-refractivity contribution in [3.8, 4) is 11.1 Å². The van der Waals surface area contributed by atoms with E-state index in [-0.39, 0.29) is 30.4 Å². The summed E-state index contributed by atoms with van der Waals surface area (Å²) >= 11 is 0. The molecule has 186 valence electrons. The second kappa shape index (κ2) is 10.9. The average Bonchev–Trinajstić information content (AvgIpc) is 3.49. The first kappa shape index (κ1) is 24.7. The number of hydrogen-bond donors (Lipinski definition) is 4. The van der Waals surface area contributed by atoms with Crippen LogP contribution in [0.5, 0.6) is 0 Å². The number of aromatic nitrogens is 4. The van der Waals surface area contributed by atoms with E-state index < -0.39 is 6.04 Å².